The molecule has 120 valence electrons. The number of methoxy groups -OCH3 is 1. The van der Waals surface area contributed by atoms with Crippen LogP contribution in [0.15, 0.2) is 35.7 Å². The van der Waals surface area contributed by atoms with Gasteiger partial charge in [0.2, 0.25) is 5.91 Å². The van der Waals surface area contributed by atoms with E-state index in [4.69, 9.17) is 0 Å². The fourth-order valence-electron chi connectivity index (χ4n) is 1.85. The zero-order chi connectivity index (χ0) is 16.8. The van der Waals surface area contributed by atoms with Gasteiger partial charge in [-0.3, -0.25) is 9.59 Å². The number of nitrogens with one attached hydrogen (secondary N) is 2. The van der Waals surface area contributed by atoms with Crippen LogP contribution in [-0.4, -0.2) is 24.9 Å². The second-order valence-electron chi connectivity index (χ2n) is 4.72. The predicted octanol–water partition coefficient (Wildman–Crippen LogP) is 2.42. The van der Waals surface area contributed by atoms with E-state index >= 15 is 0 Å². The Morgan fingerprint density at radius 1 is 1.13 bits per heavy atom. The molecule has 1 heterocycles. The first kappa shape index (κ1) is 16.7. The Balaban J connectivity index is 2.05. The van der Waals surface area contributed by atoms with Crippen LogP contribution in [-0.2, 0) is 16.1 Å². The smallest absolute Gasteiger partial charge is 0.350 e. The number of hydrogen-bond donors (Lipinski definition) is 2. The van der Waals surface area contributed by atoms with Gasteiger partial charge < -0.3 is 15.4 Å². The van der Waals surface area contributed by atoms with Crippen molar-refractivity contribution in [2.24, 2.45) is 0 Å². The average Bonchev–Trinajstić information content (AvgIpc) is 3.00. The van der Waals surface area contributed by atoms with E-state index in [1.54, 1.807) is 35.7 Å². The van der Waals surface area contributed by atoms with E-state index in [9.17, 15) is 14.4 Å². The van der Waals surface area contributed by atoms with Gasteiger partial charge in [-0.15, -0.1) is 11.3 Å². The van der Waals surface area contributed by atoms with Gasteiger partial charge in [-0.1, -0.05) is 12.1 Å². The Bertz CT molecular complexity index is 722. The molecule has 0 unspecified atom stereocenters. The zero-order valence-corrected chi connectivity index (χ0v) is 13.5. The van der Waals surface area contributed by atoms with Gasteiger partial charge in [0.05, 0.1) is 12.8 Å². The maximum absolute atomic E-state index is 12.2. The van der Waals surface area contributed by atoms with Gasteiger partial charge in [0.1, 0.15) is 4.88 Å². The van der Waals surface area contributed by atoms with Crippen LogP contribution in [0.1, 0.15) is 32.5 Å². The molecule has 0 saturated carbocycles. The summed E-state index contributed by atoms with van der Waals surface area (Å²) in [6.07, 6.45) is 0. The van der Waals surface area contributed by atoms with Crippen LogP contribution in [0.25, 0.3) is 0 Å². The second kappa shape index (κ2) is 7.55. The Morgan fingerprint density at radius 2 is 1.83 bits per heavy atom. The summed E-state index contributed by atoms with van der Waals surface area (Å²) in [6, 6.07) is 8.51. The number of carbonyl (C=O) groups is 3. The number of amides is 2. The lowest BCUT2D eigenvalue weighted by Gasteiger charge is -2.07. The molecule has 2 N–H and O–H groups in total. The highest BCUT2D eigenvalue weighted by molar-refractivity contribution is 7.12. The van der Waals surface area contributed by atoms with E-state index in [-0.39, 0.29) is 11.8 Å². The number of ether oxygens (including phenoxy) is 1. The molecule has 0 bridgehead atoms. The molecule has 0 aliphatic carbocycles. The summed E-state index contributed by atoms with van der Waals surface area (Å²) in [5.74, 6) is -0.916. The van der Waals surface area contributed by atoms with E-state index in [0.717, 1.165) is 5.56 Å². The summed E-state index contributed by atoms with van der Waals surface area (Å²) in [4.78, 5) is 35.0. The van der Waals surface area contributed by atoms with Gasteiger partial charge in [-0.05, 0) is 29.1 Å². The van der Waals surface area contributed by atoms with Crippen molar-refractivity contribution in [2.75, 3.05) is 12.4 Å². The largest absolute Gasteiger partial charge is 0.465 e. The van der Waals surface area contributed by atoms with Crippen molar-refractivity contribution in [3.8, 4) is 0 Å². The molecule has 7 heteroatoms. The fraction of sp³-hybridized carbons (Fsp3) is 0.188. The van der Waals surface area contributed by atoms with Crippen molar-refractivity contribution in [2.45, 2.75) is 13.5 Å². The third kappa shape index (κ3) is 4.40. The van der Waals surface area contributed by atoms with Crippen molar-refractivity contribution >= 4 is 34.8 Å². The van der Waals surface area contributed by atoms with Gasteiger partial charge >= 0.3 is 5.97 Å². The summed E-state index contributed by atoms with van der Waals surface area (Å²) < 4.78 is 4.67. The molecular formula is C16H16N2O4S. The molecule has 0 atom stereocenters. The number of thiophene rings is 1. The molecule has 0 radical (unpaired) electrons. The number of benzene rings is 1. The summed E-state index contributed by atoms with van der Waals surface area (Å²) >= 11 is 1.20. The minimum Gasteiger partial charge on any atom is -0.465 e. The third-order valence-corrected chi connectivity index (χ3v) is 3.94. The number of anilines is 1. The van der Waals surface area contributed by atoms with E-state index in [2.05, 4.69) is 15.4 Å². The number of esters is 1. The molecule has 0 fully saturated rings. The minimum absolute atomic E-state index is 0.111. The lowest BCUT2D eigenvalue weighted by molar-refractivity contribution is -0.119. The average molecular weight is 332 g/mol. The molecule has 0 spiro atoms. The van der Waals surface area contributed by atoms with Crippen LogP contribution in [0, 0.1) is 0 Å². The number of rotatable bonds is 5. The number of carbonyl (C=O) groups excluding carboxylic acids is 3. The highest BCUT2D eigenvalue weighted by Crippen LogP contribution is 2.23. The summed E-state index contributed by atoms with van der Waals surface area (Å²) in [7, 11) is 1.29. The Labute approximate surface area is 137 Å². The van der Waals surface area contributed by atoms with Crippen LogP contribution >= 0.6 is 11.3 Å². The van der Waals surface area contributed by atoms with E-state index in [1.165, 1.54) is 25.4 Å². The molecule has 23 heavy (non-hydrogen) atoms. The SMILES string of the molecule is COC(=O)c1sccc1NC(=O)c1ccc(CNC(C)=O)cc1. The first-order chi connectivity index (χ1) is 11.0. The summed E-state index contributed by atoms with van der Waals surface area (Å²) in [5, 5.41) is 7.08. The minimum atomic E-state index is -0.485. The normalized spacial score (nSPS) is 10.0. The molecule has 2 aromatic rings. The Morgan fingerprint density at radius 3 is 2.43 bits per heavy atom. The fourth-order valence-corrected chi connectivity index (χ4v) is 2.62. The number of hydrogen-bond acceptors (Lipinski definition) is 5. The monoisotopic (exact) mass is 332 g/mol. The molecule has 6 nitrogen and oxygen atoms in total. The molecule has 2 amide bonds. The maximum Gasteiger partial charge on any atom is 0.350 e. The molecular weight excluding hydrogens is 316 g/mol. The topological polar surface area (TPSA) is 84.5 Å². The molecule has 1 aromatic heterocycles. The zero-order valence-electron chi connectivity index (χ0n) is 12.7. The van der Waals surface area contributed by atoms with Gasteiger partial charge in [0, 0.05) is 19.0 Å². The van der Waals surface area contributed by atoms with Crippen molar-refractivity contribution in [3.63, 3.8) is 0 Å². The molecule has 0 saturated heterocycles. The van der Waals surface area contributed by atoms with Crippen molar-refractivity contribution in [1.29, 1.82) is 0 Å². The molecule has 1 aromatic carbocycles. The van der Waals surface area contributed by atoms with Gasteiger partial charge in [0.25, 0.3) is 5.91 Å². The quantitative estimate of drug-likeness (QED) is 0.824. The lowest BCUT2D eigenvalue weighted by atomic mass is 10.1. The first-order valence-corrected chi connectivity index (χ1v) is 7.69. The van der Waals surface area contributed by atoms with Crippen molar-refractivity contribution in [3.05, 3.63) is 51.7 Å². The van der Waals surface area contributed by atoms with Crippen molar-refractivity contribution in [1.82, 2.24) is 5.32 Å². The van der Waals surface area contributed by atoms with Gasteiger partial charge in [-0.2, -0.15) is 0 Å². The Kier molecular flexibility index (Phi) is 5.48. The van der Waals surface area contributed by atoms with Crippen LogP contribution < -0.4 is 10.6 Å². The lowest BCUT2D eigenvalue weighted by Crippen LogP contribution is -2.19. The highest BCUT2D eigenvalue weighted by Gasteiger charge is 2.16. The maximum atomic E-state index is 12.2. The van der Waals surface area contributed by atoms with Crippen LogP contribution in [0.5, 0.6) is 0 Å². The Hall–Kier alpha value is -2.67. The third-order valence-electron chi connectivity index (χ3n) is 3.04. The van der Waals surface area contributed by atoms with Crippen molar-refractivity contribution < 1.29 is 19.1 Å². The predicted molar refractivity (Wildman–Crippen MR) is 87.6 cm³/mol. The van der Waals surface area contributed by atoms with Crippen LogP contribution in [0.4, 0.5) is 5.69 Å². The van der Waals surface area contributed by atoms with E-state index < -0.39 is 5.97 Å². The van der Waals surface area contributed by atoms with Gasteiger partial charge in [-0.25, -0.2) is 4.79 Å². The van der Waals surface area contributed by atoms with E-state index in [0.29, 0.717) is 22.7 Å². The van der Waals surface area contributed by atoms with Crippen LogP contribution in [0.3, 0.4) is 0 Å². The summed E-state index contributed by atoms with van der Waals surface area (Å²) in [6.45, 7) is 1.86. The first-order valence-electron chi connectivity index (χ1n) is 6.82. The summed E-state index contributed by atoms with van der Waals surface area (Å²) in [5.41, 5.74) is 1.77. The van der Waals surface area contributed by atoms with Crippen LogP contribution in [0.2, 0.25) is 0 Å². The second-order valence-corrected chi connectivity index (χ2v) is 5.63. The molecule has 0 aliphatic heterocycles. The van der Waals surface area contributed by atoms with E-state index in [1.807, 2.05) is 0 Å². The van der Waals surface area contributed by atoms with Gasteiger partial charge in [0.15, 0.2) is 0 Å². The molecule has 2 rings (SSSR count). The molecule has 0 aliphatic rings. The highest BCUT2D eigenvalue weighted by atomic mass is 32.1. The standard InChI is InChI=1S/C16H16N2O4S/c1-10(19)17-9-11-3-5-12(6-4-11)15(20)18-13-7-8-23-14(13)16(21)22-2/h3-8H,9H2,1-2H3,(H,17,19)(H,18,20).